The third-order valence-electron chi connectivity index (χ3n) is 2.34. The van der Waals surface area contributed by atoms with E-state index in [0.717, 1.165) is 35.6 Å². The van der Waals surface area contributed by atoms with Gasteiger partial charge < -0.3 is 4.52 Å². The van der Waals surface area contributed by atoms with Crippen LogP contribution in [0.3, 0.4) is 0 Å². The maximum absolute atomic E-state index is 5.21. The van der Waals surface area contributed by atoms with Gasteiger partial charge in [-0.15, -0.1) is 0 Å². The monoisotopic (exact) mass is 202 g/mol. The topological polar surface area (TPSA) is 38.9 Å². The Morgan fingerprint density at radius 1 is 1.33 bits per heavy atom. The standard InChI is InChI=1S/C12H14N2O/c1-3-6-11-12(9(2)15-14-11)10-7-4-5-8-13-10/h4-5,7-8H,3,6H2,1-2H3. The van der Waals surface area contributed by atoms with Crippen LogP contribution in [0, 0.1) is 6.92 Å². The van der Waals surface area contributed by atoms with Crippen LogP contribution in [0.5, 0.6) is 0 Å². The lowest BCUT2D eigenvalue weighted by atomic mass is 10.1. The molecule has 0 aliphatic carbocycles. The van der Waals surface area contributed by atoms with Gasteiger partial charge in [-0.2, -0.15) is 0 Å². The second-order valence-electron chi connectivity index (χ2n) is 3.53. The summed E-state index contributed by atoms with van der Waals surface area (Å²) in [5.74, 6) is 0.845. The third kappa shape index (κ3) is 1.91. The Bertz CT molecular complexity index is 434. The number of nitrogens with zero attached hydrogens (tertiary/aromatic N) is 2. The van der Waals surface area contributed by atoms with Crippen molar-refractivity contribution in [2.24, 2.45) is 0 Å². The SMILES string of the molecule is CCCc1noc(C)c1-c1ccccn1. The Morgan fingerprint density at radius 3 is 2.87 bits per heavy atom. The van der Waals surface area contributed by atoms with Gasteiger partial charge in [-0.05, 0) is 25.5 Å². The molecular formula is C12H14N2O. The smallest absolute Gasteiger partial charge is 0.143 e. The molecule has 0 saturated carbocycles. The first-order valence-electron chi connectivity index (χ1n) is 5.19. The number of aryl methyl sites for hydroxylation is 2. The predicted octanol–water partition coefficient (Wildman–Crippen LogP) is 3.00. The summed E-state index contributed by atoms with van der Waals surface area (Å²) in [5.41, 5.74) is 3.01. The average molecular weight is 202 g/mol. The Labute approximate surface area is 89.1 Å². The number of hydrogen-bond donors (Lipinski definition) is 0. The van der Waals surface area contributed by atoms with E-state index in [4.69, 9.17) is 4.52 Å². The van der Waals surface area contributed by atoms with E-state index in [1.807, 2.05) is 25.1 Å². The summed E-state index contributed by atoms with van der Waals surface area (Å²) < 4.78 is 5.21. The van der Waals surface area contributed by atoms with E-state index >= 15 is 0 Å². The van der Waals surface area contributed by atoms with Crippen molar-refractivity contribution in [3.05, 3.63) is 35.9 Å². The lowest BCUT2D eigenvalue weighted by Gasteiger charge is -1.99. The summed E-state index contributed by atoms with van der Waals surface area (Å²) in [6.45, 7) is 4.06. The van der Waals surface area contributed by atoms with Crippen LogP contribution in [0.15, 0.2) is 28.9 Å². The van der Waals surface area contributed by atoms with Crippen molar-refractivity contribution < 1.29 is 4.52 Å². The van der Waals surface area contributed by atoms with E-state index in [-0.39, 0.29) is 0 Å². The molecule has 0 atom stereocenters. The summed E-state index contributed by atoms with van der Waals surface area (Å²) in [6, 6.07) is 5.87. The highest BCUT2D eigenvalue weighted by molar-refractivity contribution is 5.63. The molecule has 2 aromatic heterocycles. The maximum Gasteiger partial charge on any atom is 0.143 e. The third-order valence-corrected chi connectivity index (χ3v) is 2.34. The first-order chi connectivity index (χ1) is 7.33. The molecule has 78 valence electrons. The number of rotatable bonds is 3. The lowest BCUT2D eigenvalue weighted by Crippen LogP contribution is -1.90. The van der Waals surface area contributed by atoms with Crippen LogP contribution in [0.25, 0.3) is 11.3 Å². The Kier molecular flexibility index (Phi) is 2.81. The zero-order valence-electron chi connectivity index (χ0n) is 9.03. The molecule has 0 unspecified atom stereocenters. The predicted molar refractivity (Wildman–Crippen MR) is 58.5 cm³/mol. The molecule has 2 aromatic rings. The molecule has 0 spiro atoms. The van der Waals surface area contributed by atoms with E-state index in [0.29, 0.717) is 0 Å². The molecule has 0 N–H and O–H groups in total. The molecule has 0 radical (unpaired) electrons. The van der Waals surface area contributed by atoms with E-state index in [9.17, 15) is 0 Å². The van der Waals surface area contributed by atoms with Crippen molar-refractivity contribution in [3.8, 4) is 11.3 Å². The fraction of sp³-hybridized carbons (Fsp3) is 0.333. The van der Waals surface area contributed by atoms with Crippen LogP contribution in [0.1, 0.15) is 24.8 Å². The first-order valence-corrected chi connectivity index (χ1v) is 5.19. The zero-order valence-corrected chi connectivity index (χ0v) is 9.03. The Hall–Kier alpha value is -1.64. The van der Waals surface area contributed by atoms with Gasteiger partial charge in [-0.3, -0.25) is 4.98 Å². The van der Waals surface area contributed by atoms with Crippen molar-refractivity contribution >= 4 is 0 Å². The van der Waals surface area contributed by atoms with Crippen LogP contribution in [-0.2, 0) is 6.42 Å². The van der Waals surface area contributed by atoms with Crippen molar-refractivity contribution in [1.29, 1.82) is 0 Å². The molecule has 0 amide bonds. The van der Waals surface area contributed by atoms with Crippen molar-refractivity contribution in [2.75, 3.05) is 0 Å². The van der Waals surface area contributed by atoms with E-state index in [2.05, 4.69) is 17.1 Å². The van der Waals surface area contributed by atoms with Crippen molar-refractivity contribution in [1.82, 2.24) is 10.1 Å². The van der Waals surface area contributed by atoms with Gasteiger partial charge in [0.05, 0.1) is 17.0 Å². The van der Waals surface area contributed by atoms with Gasteiger partial charge in [0.15, 0.2) is 0 Å². The minimum atomic E-state index is 0.845. The summed E-state index contributed by atoms with van der Waals surface area (Å²) in [5, 5.41) is 4.07. The molecule has 3 heteroatoms. The summed E-state index contributed by atoms with van der Waals surface area (Å²) in [7, 11) is 0. The molecule has 0 saturated heterocycles. The van der Waals surface area contributed by atoms with Crippen LogP contribution in [0.4, 0.5) is 0 Å². The second-order valence-corrected chi connectivity index (χ2v) is 3.53. The number of hydrogen-bond acceptors (Lipinski definition) is 3. The quantitative estimate of drug-likeness (QED) is 0.768. The van der Waals surface area contributed by atoms with Crippen LogP contribution in [0.2, 0.25) is 0 Å². The van der Waals surface area contributed by atoms with Crippen LogP contribution < -0.4 is 0 Å². The molecule has 3 nitrogen and oxygen atoms in total. The summed E-state index contributed by atoms with van der Waals surface area (Å²) in [4.78, 5) is 4.32. The highest BCUT2D eigenvalue weighted by atomic mass is 16.5. The Morgan fingerprint density at radius 2 is 2.20 bits per heavy atom. The first kappa shape index (κ1) is 9.90. The minimum Gasteiger partial charge on any atom is -0.361 e. The van der Waals surface area contributed by atoms with Gasteiger partial charge in [0.2, 0.25) is 0 Å². The average Bonchev–Trinajstić information content (AvgIpc) is 2.62. The number of pyridine rings is 1. The van der Waals surface area contributed by atoms with Crippen molar-refractivity contribution in [3.63, 3.8) is 0 Å². The van der Waals surface area contributed by atoms with Crippen LogP contribution >= 0.6 is 0 Å². The minimum absolute atomic E-state index is 0.845. The summed E-state index contributed by atoms with van der Waals surface area (Å²) >= 11 is 0. The van der Waals surface area contributed by atoms with Crippen LogP contribution in [-0.4, -0.2) is 10.1 Å². The molecule has 15 heavy (non-hydrogen) atoms. The van der Waals surface area contributed by atoms with Gasteiger partial charge >= 0.3 is 0 Å². The van der Waals surface area contributed by atoms with Gasteiger partial charge in [0.1, 0.15) is 5.76 Å². The van der Waals surface area contributed by atoms with E-state index in [1.165, 1.54) is 0 Å². The maximum atomic E-state index is 5.21. The van der Waals surface area contributed by atoms with Gasteiger partial charge in [-0.25, -0.2) is 0 Å². The highest BCUT2D eigenvalue weighted by Crippen LogP contribution is 2.25. The molecule has 2 rings (SSSR count). The number of aromatic nitrogens is 2. The molecule has 0 bridgehead atoms. The molecule has 0 fully saturated rings. The molecule has 0 aromatic carbocycles. The zero-order chi connectivity index (χ0) is 10.7. The molecular weight excluding hydrogens is 188 g/mol. The van der Waals surface area contributed by atoms with E-state index < -0.39 is 0 Å². The van der Waals surface area contributed by atoms with Gasteiger partial charge in [-0.1, -0.05) is 24.6 Å². The summed E-state index contributed by atoms with van der Waals surface area (Å²) in [6.07, 6.45) is 3.78. The van der Waals surface area contributed by atoms with Crippen molar-refractivity contribution in [2.45, 2.75) is 26.7 Å². The Balaban J connectivity index is 2.47. The fourth-order valence-corrected chi connectivity index (χ4v) is 1.66. The largest absolute Gasteiger partial charge is 0.361 e. The second kappa shape index (κ2) is 4.26. The lowest BCUT2D eigenvalue weighted by molar-refractivity contribution is 0.390. The molecule has 0 aliphatic heterocycles. The molecule has 0 aliphatic rings. The fourth-order valence-electron chi connectivity index (χ4n) is 1.66. The molecule has 2 heterocycles. The van der Waals surface area contributed by atoms with Gasteiger partial charge in [0.25, 0.3) is 0 Å². The normalized spacial score (nSPS) is 10.5. The van der Waals surface area contributed by atoms with E-state index in [1.54, 1.807) is 6.20 Å². The van der Waals surface area contributed by atoms with Gasteiger partial charge in [0, 0.05) is 6.20 Å². The highest BCUT2D eigenvalue weighted by Gasteiger charge is 2.14.